The van der Waals surface area contributed by atoms with E-state index in [9.17, 15) is 8.78 Å². The first kappa shape index (κ1) is 19.7. The molecule has 0 spiro atoms. The first-order valence-electron chi connectivity index (χ1n) is 8.78. The highest BCUT2D eigenvalue weighted by Gasteiger charge is 2.14. The Bertz CT molecular complexity index is 889. The van der Waals surface area contributed by atoms with Gasteiger partial charge in [-0.25, -0.2) is 0 Å². The quantitative estimate of drug-likeness (QED) is 0.560. The third kappa shape index (κ3) is 5.01. The van der Waals surface area contributed by atoms with E-state index in [1.807, 2.05) is 42.3 Å². The molecular weight excluding hydrogens is 368 g/mol. The summed E-state index contributed by atoms with van der Waals surface area (Å²) in [4.78, 5) is 2.02. The highest BCUT2D eigenvalue weighted by atomic mass is 19.3. The number of hydrogen-bond donors (Lipinski definition) is 0. The Morgan fingerprint density at radius 2 is 1.86 bits per heavy atom. The van der Waals surface area contributed by atoms with Gasteiger partial charge in [0.05, 0.1) is 18.8 Å². The predicted octanol–water partition coefficient (Wildman–Crippen LogP) is 3.29. The molecule has 3 rings (SSSR count). The number of para-hydroxylation sites is 1. The molecule has 28 heavy (non-hydrogen) atoms. The molecule has 0 unspecified atom stereocenters. The van der Waals surface area contributed by atoms with Crippen molar-refractivity contribution in [2.75, 3.05) is 13.7 Å². The van der Waals surface area contributed by atoms with E-state index in [4.69, 9.17) is 4.74 Å². The molecule has 9 heteroatoms. The van der Waals surface area contributed by atoms with Gasteiger partial charge in [-0.2, -0.15) is 13.5 Å². The van der Waals surface area contributed by atoms with Crippen LogP contribution < -0.4 is 9.47 Å². The maximum Gasteiger partial charge on any atom is 0.387 e. The van der Waals surface area contributed by atoms with Crippen LogP contribution in [0.15, 0.2) is 48.5 Å². The third-order valence-corrected chi connectivity index (χ3v) is 3.92. The van der Waals surface area contributed by atoms with Crippen molar-refractivity contribution >= 4 is 0 Å². The summed E-state index contributed by atoms with van der Waals surface area (Å²) in [6, 6.07) is 14.6. The lowest BCUT2D eigenvalue weighted by Gasteiger charge is -2.18. The van der Waals surface area contributed by atoms with Gasteiger partial charge in [0.25, 0.3) is 0 Å². The fraction of sp³-hybridized carbons (Fsp3) is 0.316. The van der Waals surface area contributed by atoms with Gasteiger partial charge in [0.2, 0.25) is 0 Å². The Labute approximate surface area is 161 Å². The molecule has 0 aliphatic carbocycles. The van der Waals surface area contributed by atoms with Gasteiger partial charge >= 0.3 is 6.61 Å². The van der Waals surface area contributed by atoms with E-state index >= 15 is 0 Å². The number of benzene rings is 2. The van der Waals surface area contributed by atoms with Gasteiger partial charge in [0.1, 0.15) is 0 Å². The van der Waals surface area contributed by atoms with Crippen LogP contribution >= 0.6 is 0 Å². The van der Waals surface area contributed by atoms with Crippen molar-refractivity contribution in [2.24, 2.45) is 0 Å². The molecule has 0 radical (unpaired) electrons. The molecule has 7 nitrogen and oxygen atoms in total. The van der Waals surface area contributed by atoms with E-state index < -0.39 is 6.61 Å². The Kier molecular flexibility index (Phi) is 6.49. The summed E-state index contributed by atoms with van der Waals surface area (Å²) in [6.07, 6.45) is 0. The van der Waals surface area contributed by atoms with Gasteiger partial charge in [0, 0.05) is 6.54 Å². The monoisotopic (exact) mass is 389 g/mol. The van der Waals surface area contributed by atoms with Crippen LogP contribution in [0.3, 0.4) is 0 Å². The first-order chi connectivity index (χ1) is 13.6. The fourth-order valence-corrected chi connectivity index (χ4v) is 2.80. The molecule has 0 aliphatic heterocycles. The number of aromatic nitrogens is 4. The van der Waals surface area contributed by atoms with E-state index in [-0.39, 0.29) is 5.75 Å². The Morgan fingerprint density at radius 1 is 1.07 bits per heavy atom. The van der Waals surface area contributed by atoms with Crippen LogP contribution in [0, 0.1) is 0 Å². The van der Waals surface area contributed by atoms with E-state index in [0.29, 0.717) is 31.3 Å². The molecule has 0 atom stereocenters. The van der Waals surface area contributed by atoms with Gasteiger partial charge in [-0.05, 0) is 54.2 Å². The Morgan fingerprint density at radius 3 is 2.57 bits per heavy atom. The van der Waals surface area contributed by atoms with E-state index in [2.05, 4.69) is 20.3 Å². The molecule has 0 fully saturated rings. The van der Waals surface area contributed by atoms with Crippen molar-refractivity contribution in [3.63, 3.8) is 0 Å². The zero-order chi connectivity index (χ0) is 19.9. The predicted molar refractivity (Wildman–Crippen MR) is 98.6 cm³/mol. The average Bonchev–Trinajstić information content (AvgIpc) is 3.12. The lowest BCUT2D eigenvalue weighted by atomic mass is 10.2. The number of rotatable bonds is 9. The van der Waals surface area contributed by atoms with Crippen LogP contribution in [-0.4, -0.2) is 45.4 Å². The molecule has 0 saturated carbocycles. The molecular formula is C19H21F2N5O2. The largest absolute Gasteiger partial charge is 0.490 e. The first-order valence-corrected chi connectivity index (χ1v) is 8.78. The fourth-order valence-electron chi connectivity index (χ4n) is 2.80. The van der Waals surface area contributed by atoms with Crippen LogP contribution in [0.1, 0.15) is 18.3 Å². The summed E-state index contributed by atoms with van der Waals surface area (Å²) in [6.45, 7) is 0.293. The van der Waals surface area contributed by atoms with Gasteiger partial charge in [-0.3, -0.25) is 4.90 Å². The molecule has 0 saturated heterocycles. The van der Waals surface area contributed by atoms with Crippen molar-refractivity contribution in [3.8, 4) is 17.2 Å². The zero-order valence-corrected chi connectivity index (χ0v) is 15.6. The van der Waals surface area contributed by atoms with Gasteiger partial charge in [-0.15, -0.1) is 5.10 Å². The third-order valence-electron chi connectivity index (χ3n) is 3.92. The topological polar surface area (TPSA) is 65.3 Å². The SMILES string of the molecule is CCOc1cc(CN(C)Cc2nnnn2-c2ccccc2)ccc1OC(F)F. The number of hydrogen-bond acceptors (Lipinski definition) is 6. The number of ether oxygens (including phenoxy) is 2. The summed E-state index contributed by atoms with van der Waals surface area (Å²) in [5, 5.41) is 11.9. The van der Waals surface area contributed by atoms with Crippen molar-refractivity contribution < 1.29 is 18.3 Å². The van der Waals surface area contributed by atoms with Crippen molar-refractivity contribution in [1.82, 2.24) is 25.1 Å². The normalized spacial score (nSPS) is 11.2. The zero-order valence-electron chi connectivity index (χ0n) is 15.6. The standard InChI is InChI=1S/C19H21F2N5O2/c1-3-27-17-11-14(9-10-16(17)28-19(20)21)12-25(2)13-18-22-23-24-26(18)15-7-5-4-6-8-15/h4-11,19H,3,12-13H2,1-2H3. The van der Waals surface area contributed by atoms with E-state index in [1.165, 1.54) is 6.07 Å². The van der Waals surface area contributed by atoms with Gasteiger partial charge < -0.3 is 9.47 Å². The Hall–Kier alpha value is -3.07. The van der Waals surface area contributed by atoms with Gasteiger partial charge in [0.15, 0.2) is 17.3 Å². The molecule has 2 aromatic carbocycles. The molecule has 3 aromatic rings. The number of tetrazole rings is 1. The highest BCUT2D eigenvalue weighted by molar-refractivity contribution is 5.43. The maximum atomic E-state index is 12.5. The molecule has 1 aromatic heterocycles. The molecule has 148 valence electrons. The van der Waals surface area contributed by atoms with Crippen LogP contribution in [0.25, 0.3) is 5.69 Å². The minimum absolute atomic E-state index is 0.0243. The average molecular weight is 389 g/mol. The van der Waals surface area contributed by atoms with Gasteiger partial charge in [-0.1, -0.05) is 24.3 Å². The minimum atomic E-state index is -2.90. The number of halogens is 2. The lowest BCUT2D eigenvalue weighted by Crippen LogP contribution is -2.20. The van der Waals surface area contributed by atoms with Crippen molar-refractivity contribution in [3.05, 3.63) is 59.9 Å². The molecule has 0 amide bonds. The number of nitrogens with zero attached hydrogens (tertiary/aromatic N) is 5. The summed E-state index contributed by atoms with van der Waals surface area (Å²) in [5.74, 6) is 1.01. The summed E-state index contributed by atoms with van der Waals surface area (Å²) in [5.41, 5.74) is 1.77. The van der Waals surface area contributed by atoms with Crippen LogP contribution in [0.2, 0.25) is 0 Å². The number of alkyl halides is 2. The molecule has 1 heterocycles. The molecule has 0 N–H and O–H groups in total. The van der Waals surface area contributed by atoms with Crippen LogP contribution in [0.5, 0.6) is 11.5 Å². The van der Waals surface area contributed by atoms with Crippen LogP contribution in [-0.2, 0) is 13.1 Å². The van der Waals surface area contributed by atoms with Crippen LogP contribution in [0.4, 0.5) is 8.78 Å². The van der Waals surface area contributed by atoms with Crippen molar-refractivity contribution in [2.45, 2.75) is 26.6 Å². The second-order valence-electron chi connectivity index (χ2n) is 6.11. The smallest absolute Gasteiger partial charge is 0.387 e. The summed E-state index contributed by atoms with van der Waals surface area (Å²) in [7, 11) is 1.92. The van der Waals surface area contributed by atoms with E-state index in [0.717, 1.165) is 11.3 Å². The summed E-state index contributed by atoms with van der Waals surface area (Å²) < 4.78 is 36.7. The van der Waals surface area contributed by atoms with E-state index in [1.54, 1.807) is 23.7 Å². The second kappa shape index (κ2) is 9.23. The molecule has 0 aliphatic rings. The molecule has 0 bridgehead atoms. The van der Waals surface area contributed by atoms with Crippen molar-refractivity contribution in [1.29, 1.82) is 0 Å². The lowest BCUT2D eigenvalue weighted by molar-refractivity contribution is -0.0514. The highest BCUT2D eigenvalue weighted by Crippen LogP contribution is 2.30. The maximum absolute atomic E-state index is 12.5. The minimum Gasteiger partial charge on any atom is -0.490 e. The second-order valence-corrected chi connectivity index (χ2v) is 6.11. The Balaban J connectivity index is 1.71. The summed E-state index contributed by atoms with van der Waals surface area (Å²) >= 11 is 0.